The van der Waals surface area contributed by atoms with Gasteiger partial charge in [0, 0.05) is 11.3 Å². The van der Waals surface area contributed by atoms with Crippen LogP contribution in [0.3, 0.4) is 0 Å². The molecule has 3 aromatic rings. The third-order valence-corrected chi connectivity index (χ3v) is 4.65. The summed E-state index contributed by atoms with van der Waals surface area (Å²) in [5.74, 6) is -2.30. The Hall–Kier alpha value is -4.35. The highest BCUT2D eigenvalue weighted by atomic mass is 16.5. The molecule has 0 saturated carbocycles. The van der Waals surface area contributed by atoms with Gasteiger partial charge in [-0.25, -0.2) is 14.3 Å². The third-order valence-electron chi connectivity index (χ3n) is 4.65. The molecule has 172 valence electrons. The summed E-state index contributed by atoms with van der Waals surface area (Å²) >= 11 is 0. The van der Waals surface area contributed by atoms with Crippen LogP contribution < -0.4 is 5.32 Å². The number of para-hydroxylation sites is 1. The Balaban J connectivity index is 1.67. The van der Waals surface area contributed by atoms with Crippen LogP contribution >= 0.6 is 0 Å². The number of Topliss-reactive ketones (excluding diaryl/α,β-unsaturated/α-hetero) is 1. The number of carbonyl (C=O) groups is 4. The van der Waals surface area contributed by atoms with Gasteiger partial charge in [-0.05, 0) is 48.9 Å². The number of anilines is 1. The SMILES string of the molecule is CCOC(=O)c1[nH]c(C)c(C(=O)COC(=O)c2ccccc2NC(=O)Cn2cnnn2)c1C. The number of amides is 1. The van der Waals surface area contributed by atoms with Crippen LogP contribution in [0.25, 0.3) is 0 Å². The van der Waals surface area contributed by atoms with Crippen LogP contribution in [-0.4, -0.2) is 62.0 Å². The summed E-state index contributed by atoms with van der Waals surface area (Å²) in [5, 5.41) is 13.1. The summed E-state index contributed by atoms with van der Waals surface area (Å²) in [7, 11) is 0. The monoisotopic (exact) mass is 454 g/mol. The zero-order valence-electron chi connectivity index (χ0n) is 18.2. The van der Waals surface area contributed by atoms with Crippen LogP contribution in [-0.2, 0) is 20.8 Å². The lowest BCUT2D eigenvalue weighted by Crippen LogP contribution is -2.22. The summed E-state index contributed by atoms with van der Waals surface area (Å²) in [6.45, 7) is 4.43. The number of esters is 2. The quantitative estimate of drug-likeness (QED) is 0.361. The molecule has 0 aliphatic carbocycles. The topological polar surface area (TPSA) is 158 Å². The zero-order chi connectivity index (χ0) is 24.0. The van der Waals surface area contributed by atoms with Gasteiger partial charge in [-0.15, -0.1) is 5.10 Å². The molecular formula is C21H22N6O6. The van der Waals surface area contributed by atoms with Crippen molar-refractivity contribution in [1.29, 1.82) is 0 Å². The Morgan fingerprint density at radius 3 is 2.55 bits per heavy atom. The maximum Gasteiger partial charge on any atom is 0.355 e. The lowest BCUT2D eigenvalue weighted by atomic mass is 10.1. The average molecular weight is 454 g/mol. The minimum absolute atomic E-state index is 0.0742. The smallest absolute Gasteiger partial charge is 0.355 e. The second kappa shape index (κ2) is 10.3. The van der Waals surface area contributed by atoms with Gasteiger partial charge in [-0.3, -0.25) is 9.59 Å². The first-order chi connectivity index (χ1) is 15.8. The fourth-order valence-electron chi connectivity index (χ4n) is 3.22. The summed E-state index contributed by atoms with van der Waals surface area (Å²) in [6, 6.07) is 6.23. The first-order valence-corrected chi connectivity index (χ1v) is 9.98. The number of carbonyl (C=O) groups excluding carboxylic acids is 4. The van der Waals surface area contributed by atoms with Gasteiger partial charge in [0.25, 0.3) is 0 Å². The van der Waals surface area contributed by atoms with Gasteiger partial charge < -0.3 is 19.8 Å². The Labute approximate surface area is 188 Å². The van der Waals surface area contributed by atoms with E-state index >= 15 is 0 Å². The minimum Gasteiger partial charge on any atom is -0.461 e. The van der Waals surface area contributed by atoms with Crippen molar-refractivity contribution >= 4 is 29.3 Å². The number of aromatic nitrogens is 5. The van der Waals surface area contributed by atoms with Crippen molar-refractivity contribution in [2.75, 3.05) is 18.5 Å². The van der Waals surface area contributed by atoms with Crippen LogP contribution in [0.2, 0.25) is 0 Å². The van der Waals surface area contributed by atoms with Crippen molar-refractivity contribution < 1.29 is 28.7 Å². The highest BCUT2D eigenvalue weighted by Gasteiger charge is 2.24. The second-order valence-corrected chi connectivity index (χ2v) is 6.95. The summed E-state index contributed by atoms with van der Waals surface area (Å²) < 4.78 is 11.4. The molecule has 2 aromatic heterocycles. The molecule has 12 heteroatoms. The lowest BCUT2D eigenvalue weighted by molar-refractivity contribution is -0.116. The van der Waals surface area contributed by atoms with E-state index in [4.69, 9.17) is 9.47 Å². The fraction of sp³-hybridized carbons (Fsp3) is 0.286. The fourth-order valence-corrected chi connectivity index (χ4v) is 3.22. The van der Waals surface area contributed by atoms with Crippen molar-refractivity contribution in [1.82, 2.24) is 25.2 Å². The Morgan fingerprint density at radius 1 is 1.09 bits per heavy atom. The number of rotatable bonds is 9. The molecule has 0 spiro atoms. The second-order valence-electron chi connectivity index (χ2n) is 6.95. The van der Waals surface area contributed by atoms with Crippen molar-refractivity contribution in [2.24, 2.45) is 0 Å². The van der Waals surface area contributed by atoms with Gasteiger partial charge in [-0.2, -0.15) is 0 Å². The van der Waals surface area contributed by atoms with Crippen molar-refractivity contribution in [3.05, 3.63) is 58.7 Å². The number of H-pyrrole nitrogens is 1. The van der Waals surface area contributed by atoms with Crippen LogP contribution in [0, 0.1) is 13.8 Å². The summed E-state index contributed by atoms with van der Waals surface area (Å²) in [6.07, 6.45) is 1.28. The number of hydrogen-bond donors (Lipinski definition) is 2. The molecule has 1 amide bonds. The summed E-state index contributed by atoms with van der Waals surface area (Å²) in [5.41, 5.74) is 1.61. The average Bonchev–Trinajstić information content (AvgIpc) is 3.39. The Bertz CT molecular complexity index is 1180. The molecule has 0 saturated heterocycles. The number of aryl methyl sites for hydroxylation is 1. The first-order valence-electron chi connectivity index (χ1n) is 9.98. The lowest BCUT2D eigenvalue weighted by Gasteiger charge is -2.11. The molecule has 0 aliphatic heterocycles. The third kappa shape index (κ3) is 5.47. The van der Waals surface area contributed by atoms with Crippen LogP contribution in [0.4, 0.5) is 5.69 Å². The molecule has 0 atom stereocenters. The molecule has 1 aromatic carbocycles. The van der Waals surface area contributed by atoms with Gasteiger partial charge in [0.15, 0.2) is 6.61 Å². The molecule has 0 fully saturated rings. The molecule has 2 N–H and O–H groups in total. The van der Waals surface area contributed by atoms with E-state index in [0.717, 1.165) is 0 Å². The van der Waals surface area contributed by atoms with Crippen LogP contribution in [0.1, 0.15) is 49.4 Å². The highest BCUT2D eigenvalue weighted by Crippen LogP contribution is 2.21. The van der Waals surface area contributed by atoms with E-state index in [1.54, 1.807) is 32.9 Å². The number of tetrazole rings is 1. The normalized spacial score (nSPS) is 10.5. The van der Waals surface area contributed by atoms with Crippen molar-refractivity contribution in [3.8, 4) is 0 Å². The Kier molecular flexibility index (Phi) is 7.28. The van der Waals surface area contributed by atoms with Gasteiger partial charge in [0.1, 0.15) is 18.6 Å². The molecule has 3 rings (SSSR count). The van der Waals surface area contributed by atoms with Crippen LogP contribution in [0.5, 0.6) is 0 Å². The number of nitrogens with one attached hydrogen (secondary N) is 2. The van der Waals surface area contributed by atoms with Crippen LogP contribution in [0.15, 0.2) is 30.6 Å². The first kappa shape index (κ1) is 23.3. The number of ether oxygens (including phenoxy) is 2. The molecule has 12 nitrogen and oxygen atoms in total. The van der Waals surface area contributed by atoms with E-state index < -0.39 is 30.2 Å². The van der Waals surface area contributed by atoms with Crippen molar-refractivity contribution in [3.63, 3.8) is 0 Å². The van der Waals surface area contributed by atoms with E-state index in [2.05, 4.69) is 25.8 Å². The maximum absolute atomic E-state index is 12.7. The standard InChI is InChI=1S/C21H22N6O6/c1-4-32-21(31)19-12(2)18(13(3)23-19)16(28)10-33-20(30)14-7-5-6-8-15(14)24-17(29)9-27-11-22-25-26-27/h5-8,11,23H,4,9-10H2,1-3H3,(H,24,29). The number of hydrogen-bond acceptors (Lipinski definition) is 9. The molecule has 0 radical (unpaired) electrons. The highest BCUT2D eigenvalue weighted by molar-refractivity contribution is 6.05. The summed E-state index contributed by atoms with van der Waals surface area (Å²) in [4.78, 5) is 52.4. The van der Waals surface area contributed by atoms with E-state index in [1.807, 2.05) is 0 Å². The molecule has 0 unspecified atom stereocenters. The van der Waals surface area contributed by atoms with E-state index in [-0.39, 0.29) is 35.7 Å². The van der Waals surface area contributed by atoms with Gasteiger partial charge in [0.2, 0.25) is 11.7 Å². The van der Waals surface area contributed by atoms with E-state index in [9.17, 15) is 19.2 Å². The molecule has 2 heterocycles. The van der Waals surface area contributed by atoms with Gasteiger partial charge in [0.05, 0.1) is 17.9 Å². The van der Waals surface area contributed by atoms with Gasteiger partial charge >= 0.3 is 11.9 Å². The number of benzene rings is 1. The predicted octanol–water partition coefficient (Wildman–Crippen LogP) is 1.47. The minimum atomic E-state index is -0.793. The number of aromatic amines is 1. The molecule has 33 heavy (non-hydrogen) atoms. The van der Waals surface area contributed by atoms with Crippen molar-refractivity contribution in [2.45, 2.75) is 27.3 Å². The maximum atomic E-state index is 12.7. The molecular weight excluding hydrogens is 432 g/mol. The van der Waals surface area contributed by atoms with E-state index in [0.29, 0.717) is 11.3 Å². The number of nitrogens with zero attached hydrogens (tertiary/aromatic N) is 4. The van der Waals surface area contributed by atoms with E-state index in [1.165, 1.54) is 23.1 Å². The number of ketones is 1. The predicted molar refractivity (Wildman–Crippen MR) is 114 cm³/mol. The van der Waals surface area contributed by atoms with Gasteiger partial charge in [-0.1, -0.05) is 12.1 Å². The Morgan fingerprint density at radius 2 is 1.85 bits per heavy atom. The largest absolute Gasteiger partial charge is 0.461 e. The molecule has 0 bridgehead atoms. The zero-order valence-corrected chi connectivity index (χ0v) is 18.2. The molecule has 0 aliphatic rings.